The van der Waals surface area contributed by atoms with Crippen LogP contribution in [-0.2, 0) is 0 Å². The zero-order valence-corrected chi connectivity index (χ0v) is 12.2. The number of anilines is 1. The molecule has 1 aliphatic heterocycles. The van der Waals surface area contributed by atoms with Crippen molar-refractivity contribution in [3.63, 3.8) is 0 Å². The van der Waals surface area contributed by atoms with Gasteiger partial charge in [0, 0.05) is 17.7 Å². The highest BCUT2D eigenvalue weighted by molar-refractivity contribution is 6.39. The number of benzene rings is 2. The van der Waals surface area contributed by atoms with E-state index in [4.69, 9.17) is 33.7 Å². The lowest BCUT2D eigenvalue weighted by Crippen LogP contribution is -2.37. The van der Waals surface area contributed by atoms with Gasteiger partial charge in [0.2, 0.25) is 0 Å². The van der Waals surface area contributed by atoms with Gasteiger partial charge in [0.05, 0.1) is 22.3 Å². The van der Waals surface area contributed by atoms with Gasteiger partial charge >= 0.3 is 0 Å². The van der Waals surface area contributed by atoms with E-state index < -0.39 is 0 Å². The van der Waals surface area contributed by atoms with Gasteiger partial charge in [0.1, 0.15) is 6.10 Å². The molecular weight excluding hydrogens is 295 g/mol. The lowest BCUT2D eigenvalue weighted by atomic mass is 10.0. The van der Waals surface area contributed by atoms with Crippen molar-refractivity contribution in [1.82, 2.24) is 0 Å². The van der Waals surface area contributed by atoms with Crippen molar-refractivity contribution in [2.45, 2.75) is 6.10 Å². The van der Waals surface area contributed by atoms with Gasteiger partial charge in [0.25, 0.3) is 0 Å². The molecule has 0 spiro atoms. The summed E-state index contributed by atoms with van der Waals surface area (Å²) in [7, 11) is 0. The van der Waals surface area contributed by atoms with Crippen LogP contribution in [0.15, 0.2) is 36.4 Å². The fourth-order valence-corrected chi connectivity index (χ4v) is 2.92. The van der Waals surface area contributed by atoms with Crippen LogP contribution in [-0.4, -0.2) is 19.2 Å². The van der Waals surface area contributed by atoms with Crippen molar-refractivity contribution >= 4 is 28.9 Å². The molecule has 1 heterocycles. The second-order valence-electron chi connectivity index (χ2n) is 4.64. The molecule has 0 saturated carbocycles. The van der Waals surface area contributed by atoms with Crippen LogP contribution in [0.3, 0.4) is 0 Å². The molecule has 20 heavy (non-hydrogen) atoms. The largest absolute Gasteiger partial charge is 0.484 e. The number of rotatable bonds is 2. The average molecular weight is 309 g/mol. The van der Waals surface area contributed by atoms with Crippen molar-refractivity contribution in [2.24, 2.45) is 5.73 Å². The Labute approximate surface area is 127 Å². The summed E-state index contributed by atoms with van der Waals surface area (Å²) in [6.07, 6.45) is -0.0510. The number of nitrogens with two attached hydrogens (primary N) is 1. The average Bonchev–Trinajstić information content (AvgIpc) is 2.47. The predicted octanol–water partition coefficient (Wildman–Crippen LogP) is 3.79. The third-order valence-corrected chi connectivity index (χ3v) is 3.94. The van der Waals surface area contributed by atoms with Crippen molar-refractivity contribution in [3.8, 4) is 16.9 Å². The maximum Gasteiger partial charge on any atom is 0.150 e. The Morgan fingerprint density at radius 3 is 2.55 bits per heavy atom. The molecule has 0 aromatic heterocycles. The van der Waals surface area contributed by atoms with Crippen LogP contribution < -0.4 is 15.8 Å². The van der Waals surface area contributed by atoms with E-state index in [0.29, 0.717) is 23.1 Å². The van der Waals surface area contributed by atoms with Crippen molar-refractivity contribution in [2.75, 3.05) is 18.4 Å². The molecule has 0 unspecified atom stereocenters. The van der Waals surface area contributed by atoms with Crippen molar-refractivity contribution in [1.29, 1.82) is 0 Å². The normalized spacial score (nSPS) is 17.1. The van der Waals surface area contributed by atoms with Crippen molar-refractivity contribution < 1.29 is 4.74 Å². The molecule has 0 aliphatic carbocycles. The van der Waals surface area contributed by atoms with Crippen LogP contribution in [0.4, 0.5) is 5.69 Å². The monoisotopic (exact) mass is 308 g/mol. The van der Waals surface area contributed by atoms with Gasteiger partial charge in [0.15, 0.2) is 5.75 Å². The van der Waals surface area contributed by atoms with E-state index >= 15 is 0 Å². The molecule has 2 aromatic rings. The zero-order chi connectivity index (χ0) is 14.1. The van der Waals surface area contributed by atoms with E-state index in [9.17, 15) is 0 Å². The summed E-state index contributed by atoms with van der Waals surface area (Å²) in [6, 6.07) is 11.3. The molecule has 0 fully saturated rings. The highest BCUT2D eigenvalue weighted by Crippen LogP contribution is 2.44. The van der Waals surface area contributed by atoms with Gasteiger partial charge in [-0.3, -0.25) is 0 Å². The Kier molecular flexibility index (Phi) is 3.74. The highest BCUT2D eigenvalue weighted by Gasteiger charge is 2.23. The third-order valence-electron chi connectivity index (χ3n) is 3.31. The van der Waals surface area contributed by atoms with Crippen LogP contribution in [0.5, 0.6) is 5.75 Å². The summed E-state index contributed by atoms with van der Waals surface area (Å²) in [5.74, 6) is 0.754. The number of hydrogen-bond acceptors (Lipinski definition) is 3. The third kappa shape index (κ3) is 2.33. The minimum atomic E-state index is -0.0510. The van der Waals surface area contributed by atoms with Gasteiger partial charge in [-0.1, -0.05) is 41.4 Å². The fourth-order valence-electron chi connectivity index (χ4n) is 2.32. The predicted molar refractivity (Wildman–Crippen MR) is 83.9 cm³/mol. The zero-order valence-electron chi connectivity index (χ0n) is 10.7. The SMILES string of the molecule is NC[C@H]1CNc2cccc(-c3c(Cl)cccc3Cl)c2O1. The maximum absolute atomic E-state index is 6.29. The Morgan fingerprint density at radius 1 is 1.15 bits per heavy atom. The van der Waals surface area contributed by atoms with E-state index in [0.717, 1.165) is 22.6 Å². The molecule has 5 heteroatoms. The van der Waals surface area contributed by atoms with E-state index in [1.165, 1.54) is 0 Å². The van der Waals surface area contributed by atoms with Crippen molar-refractivity contribution in [3.05, 3.63) is 46.4 Å². The minimum Gasteiger partial charge on any atom is -0.484 e. The van der Waals surface area contributed by atoms with Crippen LogP contribution in [0.2, 0.25) is 10.0 Å². The standard InChI is InChI=1S/C15H14Cl2N2O/c16-11-4-2-5-12(17)14(11)10-3-1-6-13-15(10)20-9(7-18)8-19-13/h1-6,9,19H,7-8,18H2/t9-/m0/s1. The van der Waals surface area contributed by atoms with Crippen LogP contribution >= 0.6 is 23.2 Å². The molecule has 0 bridgehead atoms. The first kappa shape index (κ1) is 13.6. The second-order valence-corrected chi connectivity index (χ2v) is 5.45. The number of hydrogen-bond donors (Lipinski definition) is 2. The number of ether oxygens (including phenoxy) is 1. The molecule has 1 aliphatic rings. The van der Waals surface area contributed by atoms with E-state index in [-0.39, 0.29) is 6.10 Å². The molecule has 0 amide bonds. The Morgan fingerprint density at radius 2 is 1.85 bits per heavy atom. The second kappa shape index (κ2) is 5.52. The Bertz CT molecular complexity index is 626. The van der Waals surface area contributed by atoms with Gasteiger partial charge in [-0.05, 0) is 18.2 Å². The van der Waals surface area contributed by atoms with Crippen LogP contribution in [0.1, 0.15) is 0 Å². The summed E-state index contributed by atoms with van der Waals surface area (Å²) in [5.41, 5.74) is 8.29. The lowest BCUT2D eigenvalue weighted by Gasteiger charge is -2.28. The summed E-state index contributed by atoms with van der Waals surface area (Å²) >= 11 is 12.6. The number of para-hydroxylation sites is 1. The summed E-state index contributed by atoms with van der Waals surface area (Å²) in [4.78, 5) is 0. The first-order chi connectivity index (χ1) is 9.70. The number of nitrogens with one attached hydrogen (secondary N) is 1. The summed E-state index contributed by atoms with van der Waals surface area (Å²) in [5, 5.41) is 4.52. The molecule has 2 aromatic carbocycles. The lowest BCUT2D eigenvalue weighted by molar-refractivity contribution is 0.215. The highest BCUT2D eigenvalue weighted by atomic mass is 35.5. The number of fused-ring (bicyclic) bond motifs is 1. The van der Waals surface area contributed by atoms with Gasteiger partial charge < -0.3 is 15.8 Å². The Hall–Kier alpha value is -1.42. The van der Waals surface area contributed by atoms with E-state index in [2.05, 4.69) is 5.32 Å². The first-order valence-corrected chi connectivity index (χ1v) is 7.14. The first-order valence-electron chi connectivity index (χ1n) is 6.38. The topological polar surface area (TPSA) is 47.3 Å². The fraction of sp³-hybridized carbons (Fsp3) is 0.200. The molecule has 3 nitrogen and oxygen atoms in total. The minimum absolute atomic E-state index is 0.0510. The summed E-state index contributed by atoms with van der Waals surface area (Å²) < 4.78 is 5.97. The van der Waals surface area contributed by atoms with Gasteiger partial charge in [-0.15, -0.1) is 0 Å². The smallest absolute Gasteiger partial charge is 0.150 e. The van der Waals surface area contributed by atoms with E-state index in [1.807, 2.05) is 36.4 Å². The molecule has 3 rings (SSSR count). The molecule has 0 radical (unpaired) electrons. The van der Waals surface area contributed by atoms with Gasteiger partial charge in [-0.25, -0.2) is 0 Å². The maximum atomic E-state index is 6.29. The van der Waals surface area contributed by atoms with Crippen LogP contribution in [0.25, 0.3) is 11.1 Å². The van der Waals surface area contributed by atoms with Crippen LogP contribution in [0, 0.1) is 0 Å². The van der Waals surface area contributed by atoms with Gasteiger partial charge in [-0.2, -0.15) is 0 Å². The van der Waals surface area contributed by atoms with E-state index in [1.54, 1.807) is 0 Å². The number of halogens is 2. The molecule has 0 saturated heterocycles. The molecule has 3 N–H and O–H groups in total. The quantitative estimate of drug-likeness (QED) is 0.887. The molecular formula is C15H14Cl2N2O. The summed E-state index contributed by atoms with van der Waals surface area (Å²) in [6.45, 7) is 1.15. The Balaban J connectivity index is 2.16. The molecule has 1 atom stereocenters. The molecule has 104 valence electrons.